The van der Waals surface area contributed by atoms with E-state index in [4.69, 9.17) is 9.47 Å². The Balaban J connectivity index is 1.32. The predicted molar refractivity (Wildman–Crippen MR) is 101 cm³/mol. The zero-order valence-corrected chi connectivity index (χ0v) is 14.6. The van der Waals surface area contributed by atoms with Gasteiger partial charge in [0.15, 0.2) is 0 Å². The average Bonchev–Trinajstić information content (AvgIpc) is 2.72. The van der Waals surface area contributed by atoms with Gasteiger partial charge in [0.1, 0.15) is 18.1 Å². The Hall–Kier alpha value is -2.85. The molecular weight excluding hydrogens is 324 g/mol. The van der Waals surface area contributed by atoms with E-state index < -0.39 is 0 Å². The number of hydrogen-bond acceptors (Lipinski definition) is 4. The van der Waals surface area contributed by atoms with E-state index in [1.165, 1.54) is 11.1 Å². The number of benzene rings is 2. The second kappa shape index (κ2) is 8.02. The van der Waals surface area contributed by atoms with Crippen molar-refractivity contribution in [2.75, 3.05) is 6.61 Å². The Labute approximate surface area is 153 Å². The summed E-state index contributed by atoms with van der Waals surface area (Å²) in [6.07, 6.45) is 4.55. The molecular formula is C22H22N2O2. The molecule has 2 heterocycles. The lowest BCUT2D eigenvalue weighted by Crippen LogP contribution is -2.26. The number of aromatic nitrogens is 1. The molecule has 1 N–H and O–H groups in total. The van der Waals surface area contributed by atoms with E-state index in [9.17, 15) is 0 Å². The predicted octanol–water partition coefficient (Wildman–Crippen LogP) is 4.27. The Kier molecular flexibility index (Phi) is 5.12. The van der Waals surface area contributed by atoms with Gasteiger partial charge in [-0.3, -0.25) is 4.98 Å². The number of rotatable bonds is 6. The van der Waals surface area contributed by atoms with Crippen LogP contribution in [0, 0.1) is 0 Å². The number of para-hydroxylation sites is 1. The van der Waals surface area contributed by atoms with Crippen LogP contribution in [0.3, 0.4) is 0 Å². The summed E-state index contributed by atoms with van der Waals surface area (Å²) in [7, 11) is 0. The van der Waals surface area contributed by atoms with E-state index in [0.29, 0.717) is 12.6 Å². The lowest BCUT2D eigenvalue weighted by Gasteiger charge is -2.26. The molecule has 3 aromatic rings. The van der Waals surface area contributed by atoms with Crippen LogP contribution in [0.15, 0.2) is 73.1 Å². The lowest BCUT2D eigenvalue weighted by atomic mass is 10.0. The molecule has 26 heavy (non-hydrogen) atoms. The van der Waals surface area contributed by atoms with Gasteiger partial charge >= 0.3 is 0 Å². The highest BCUT2D eigenvalue weighted by Crippen LogP contribution is 2.31. The minimum absolute atomic E-state index is 0.336. The van der Waals surface area contributed by atoms with Gasteiger partial charge in [-0.2, -0.15) is 0 Å². The smallest absolute Gasteiger partial charge is 0.124 e. The Morgan fingerprint density at radius 1 is 0.962 bits per heavy atom. The van der Waals surface area contributed by atoms with Crippen LogP contribution in [-0.4, -0.2) is 11.6 Å². The fourth-order valence-electron chi connectivity index (χ4n) is 3.14. The molecule has 1 atom stereocenters. The summed E-state index contributed by atoms with van der Waals surface area (Å²) in [5, 5.41) is 3.64. The molecule has 1 aliphatic heterocycles. The highest BCUT2D eigenvalue weighted by Gasteiger charge is 2.20. The minimum Gasteiger partial charge on any atom is -0.493 e. The molecule has 0 saturated heterocycles. The Morgan fingerprint density at radius 3 is 2.62 bits per heavy atom. The van der Waals surface area contributed by atoms with E-state index in [2.05, 4.69) is 34.6 Å². The second-order valence-corrected chi connectivity index (χ2v) is 6.40. The summed E-state index contributed by atoms with van der Waals surface area (Å²) < 4.78 is 11.5. The van der Waals surface area contributed by atoms with Gasteiger partial charge in [-0.1, -0.05) is 30.3 Å². The Morgan fingerprint density at radius 2 is 1.77 bits per heavy atom. The number of nitrogens with one attached hydrogen (secondary N) is 1. The highest BCUT2D eigenvalue weighted by molar-refractivity contribution is 5.37. The summed E-state index contributed by atoms with van der Waals surface area (Å²) in [4.78, 5) is 4.01. The van der Waals surface area contributed by atoms with Crippen LogP contribution in [0.1, 0.15) is 29.2 Å². The van der Waals surface area contributed by atoms with Crippen molar-refractivity contribution in [3.8, 4) is 11.5 Å². The summed E-state index contributed by atoms with van der Waals surface area (Å²) in [5.74, 6) is 1.87. The molecule has 4 rings (SSSR count). The topological polar surface area (TPSA) is 43.4 Å². The first-order chi connectivity index (χ1) is 12.9. The van der Waals surface area contributed by atoms with Crippen molar-refractivity contribution < 1.29 is 9.47 Å². The van der Waals surface area contributed by atoms with E-state index in [-0.39, 0.29) is 0 Å². The van der Waals surface area contributed by atoms with Crippen LogP contribution in [0.25, 0.3) is 0 Å². The molecule has 1 aromatic heterocycles. The average molecular weight is 346 g/mol. The van der Waals surface area contributed by atoms with Crippen molar-refractivity contribution in [2.24, 2.45) is 0 Å². The van der Waals surface area contributed by atoms with Gasteiger partial charge in [0, 0.05) is 37.0 Å². The molecule has 2 aromatic carbocycles. The first-order valence-corrected chi connectivity index (χ1v) is 8.94. The van der Waals surface area contributed by atoms with Gasteiger partial charge in [0.05, 0.1) is 6.61 Å². The summed E-state index contributed by atoms with van der Waals surface area (Å²) >= 11 is 0. The number of nitrogens with zero attached hydrogens (tertiary/aromatic N) is 1. The largest absolute Gasteiger partial charge is 0.493 e. The third-order valence-corrected chi connectivity index (χ3v) is 4.59. The number of hydrogen-bond donors (Lipinski definition) is 1. The highest BCUT2D eigenvalue weighted by atomic mass is 16.5. The second-order valence-electron chi connectivity index (χ2n) is 6.40. The normalized spacial score (nSPS) is 15.8. The zero-order chi connectivity index (χ0) is 17.6. The van der Waals surface area contributed by atoms with Crippen LogP contribution in [-0.2, 0) is 13.2 Å². The maximum absolute atomic E-state index is 5.82. The first kappa shape index (κ1) is 16.6. The molecule has 0 aliphatic carbocycles. The van der Waals surface area contributed by atoms with Crippen LogP contribution in [0.4, 0.5) is 0 Å². The van der Waals surface area contributed by atoms with E-state index in [1.807, 2.05) is 36.4 Å². The Bertz CT molecular complexity index is 834. The molecule has 0 bridgehead atoms. The van der Waals surface area contributed by atoms with E-state index in [1.54, 1.807) is 12.4 Å². The van der Waals surface area contributed by atoms with E-state index >= 15 is 0 Å². The third-order valence-electron chi connectivity index (χ3n) is 4.59. The van der Waals surface area contributed by atoms with Crippen LogP contribution >= 0.6 is 0 Å². The minimum atomic E-state index is 0.336. The van der Waals surface area contributed by atoms with Gasteiger partial charge in [0.25, 0.3) is 0 Å². The van der Waals surface area contributed by atoms with Crippen LogP contribution in [0.5, 0.6) is 11.5 Å². The maximum atomic E-state index is 5.82. The van der Waals surface area contributed by atoms with Crippen LogP contribution < -0.4 is 14.8 Å². The summed E-state index contributed by atoms with van der Waals surface area (Å²) in [5.41, 5.74) is 3.60. The monoisotopic (exact) mass is 346 g/mol. The molecule has 1 aliphatic rings. The SMILES string of the molecule is c1ccc2c(c1)OCCC2NCc1ccc(OCc2ccncc2)cc1. The summed E-state index contributed by atoms with van der Waals surface area (Å²) in [6.45, 7) is 2.14. The molecule has 4 nitrogen and oxygen atoms in total. The van der Waals surface area contributed by atoms with Crippen LogP contribution in [0.2, 0.25) is 0 Å². The number of fused-ring (bicyclic) bond motifs is 1. The van der Waals surface area contributed by atoms with Gasteiger partial charge in [-0.25, -0.2) is 0 Å². The van der Waals surface area contributed by atoms with Crippen molar-refractivity contribution in [3.05, 3.63) is 89.7 Å². The van der Waals surface area contributed by atoms with Crippen molar-refractivity contribution in [3.63, 3.8) is 0 Å². The fraction of sp³-hybridized carbons (Fsp3) is 0.227. The number of pyridine rings is 1. The molecule has 0 amide bonds. The lowest BCUT2D eigenvalue weighted by molar-refractivity contribution is 0.252. The molecule has 0 spiro atoms. The van der Waals surface area contributed by atoms with Gasteiger partial charge in [0.2, 0.25) is 0 Å². The van der Waals surface area contributed by atoms with Crippen molar-refractivity contribution in [1.82, 2.24) is 10.3 Å². The van der Waals surface area contributed by atoms with Crippen molar-refractivity contribution in [2.45, 2.75) is 25.6 Å². The molecule has 4 heteroatoms. The van der Waals surface area contributed by atoms with Crippen molar-refractivity contribution >= 4 is 0 Å². The first-order valence-electron chi connectivity index (χ1n) is 8.94. The summed E-state index contributed by atoms with van der Waals surface area (Å²) in [6, 6.07) is 20.8. The van der Waals surface area contributed by atoms with Gasteiger partial charge in [-0.15, -0.1) is 0 Å². The number of ether oxygens (including phenoxy) is 2. The van der Waals surface area contributed by atoms with Gasteiger partial charge in [-0.05, 0) is 41.5 Å². The van der Waals surface area contributed by atoms with Gasteiger partial charge < -0.3 is 14.8 Å². The maximum Gasteiger partial charge on any atom is 0.124 e. The van der Waals surface area contributed by atoms with Crippen molar-refractivity contribution in [1.29, 1.82) is 0 Å². The molecule has 0 radical (unpaired) electrons. The molecule has 0 saturated carbocycles. The zero-order valence-electron chi connectivity index (χ0n) is 14.6. The standard InChI is InChI=1S/C22H22N2O2/c1-2-4-22-20(3-1)21(11-14-25-22)24-15-17-5-7-19(8-6-17)26-16-18-9-12-23-13-10-18/h1-10,12-13,21,24H,11,14-16H2. The molecule has 1 unspecified atom stereocenters. The fourth-order valence-corrected chi connectivity index (χ4v) is 3.14. The molecule has 0 fully saturated rings. The van der Waals surface area contributed by atoms with E-state index in [0.717, 1.165) is 36.6 Å². The molecule has 132 valence electrons. The quantitative estimate of drug-likeness (QED) is 0.724. The third kappa shape index (κ3) is 4.03.